The summed E-state index contributed by atoms with van der Waals surface area (Å²) in [7, 11) is 1.40. The maximum absolute atomic E-state index is 12.4. The Labute approximate surface area is 164 Å². The van der Waals surface area contributed by atoms with Crippen LogP contribution in [0.15, 0.2) is 42.7 Å². The zero-order chi connectivity index (χ0) is 19.2. The number of aromatic nitrogens is 2. The monoisotopic (exact) mass is 392 g/mol. The number of hydrogen-bond donors (Lipinski definition) is 1. The first-order valence-corrected chi connectivity index (χ1v) is 9.40. The molecule has 0 radical (unpaired) electrons. The van der Waals surface area contributed by atoms with Crippen LogP contribution in [0, 0.1) is 0 Å². The van der Waals surface area contributed by atoms with Crippen LogP contribution in [0.3, 0.4) is 0 Å². The number of β-amino-alcohol motifs (C(OH)–C–C–N with tert-alkyl or cyclic N) is 1. The second kappa shape index (κ2) is 9.32. The lowest BCUT2D eigenvalue weighted by Crippen LogP contribution is -2.51. The van der Waals surface area contributed by atoms with Crippen molar-refractivity contribution in [2.75, 3.05) is 39.8 Å². The molecular formula is C19H25ClN4O3. The van der Waals surface area contributed by atoms with Crippen LogP contribution in [0.25, 0.3) is 0 Å². The Bertz CT molecular complexity index is 732. The van der Waals surface area contributed by atoms with Crippen LogP contribution in [-0.2, 0) is 16.1 Å². The Balaban J connectivity index is 1.59. The highest BCUT2D eigenvalue weighted by Gasteiger charge is 2.32. The highest BCUT2D eigenvalue weighted by molar-refractivity contribution is 6.31. The molecule has 1 aliphatic rings. The molecule has 0 aliphatic carbocycles. The fourth-order valence-electron chi connectivity index (χ4n) is 3.47. The van der Waals surface area contributed by atoms with E-state index in [0.29, 0.717) is 31.2 Å². The van der Waals surface area contributed by atoms with Gasteiger partial charge < -0.3 is 9.84 Å². The van der Waals surface area contributed by atoms with Gasteiger partial charge in [-0.3, -0.25) is 14.5 Å². The fourth-order valence-corrected chi connectivity index (χ4v) is 3.70. The molecule has 1 aromatic heterocycles. The molecule has 8 heteroatoms. The maximum atomic E-state index is 12.4. The van der Waals surface area contributed by atoms with E-state index in [0.717, 1.165) is 18.7 Å². The van der Waals surface area contributed by atoms with Crippen molar-refractivity contribution in [2.24, 2.45) is 0 Å². The van der Waals surface area contributed by atoms with Gasteiger partial charge in [-0.1, -0.05) is 29.8 Å². The number of aliphatic hydroxyl groups is 1. The van der Waals surface area contributed by atoms with E-state index in [1.165, 1.54) is 7.11 Å². The molecule has 2 heterocycles. The Hall–Kier alpha value is -1.93. The molecule has 1 saturated heterocycles. The van der Waals surface area contributed by atoms with Crippen molar-refractivity contribution in [1.82, 2.24) is 19.6 Å². The quantitative estimate of drug-likeness (QED) is 0.719. The number of hydrogen-bond acceptors (Lipinski definition) is 6. The molecule has 1 N–H and O–H groups in total. The van der Waals surface area contributed by atoms with Crippen LogP contribution < -0.4 is 0 Å². The van der Waals surface area contributed by atoms with Crippen LogP contribution in [0.4, 0.5) is 0 Å². The van der Waals surface area contributed by atoms with E-state index in [1.807, 2.05) is 30.5 Å². The third-order valence-corrected chi connectivity index (χ3v) is 5.17. The van der Waals surface area contributed by atoms with Crippen molar-refractivity contribution < 1.29 is 14.6 Å². The Kier molecular flexibility index (Phi) is 6.84. The van der Waals surface area contributed by atoms with Gasteiger partial charge in [-0.15, -0.1) is 0 Å². The van der Waals surface area contributed by atoms with Gasteiger partial charge in [0, 0.05) is 50.1 Å². The fraction of sp³-hybridized carbons (Fsp3) is 0.474. The lowest BCUT2D eigenvalue weighted by atomic mass is 10.0. The van der Waals surface area contributed by atoms with Crippen LogP contribution in [0.2, 0.25) is 5.02 Å². The third-order valence-electron chi connectivity index (χ3n) is 4.82. The van der Waals surface area contributed by atoms with Gasteiger partial charge in [0.2, 0.25) is 0 Å². The maximum Gasteiger partial charge on any atom is 0.327 e. The minimum atomic E-state index is -0.514. The number of benzene rings is 1. The van der Waals surface area contributed by atoms with Gasteiger partial charge in [-0.25, -0.2) is 4.79 Å². The normalized spacial score (nSPS) is 18.2. The zero-order valence-electron chi connectivity index (χ0n) is 15.4. The first-order valence-electron chi connectivity index (χ1n) is 9.02. The number of ether oxygens (including phenoxy) is 1. The zero-order valence-corrected chi connectivity index (χ0v) is 16.1. The summed E-state index contributed by atoms with van der Waals surface area (Å²) in [5.74, 6) is -0.310. The molecule has 0 spiro atoms. The van der Waals surface area contributed by atoms with Crippen LogP contribution >= 0.6 is 11.6 Å². The number of esters is 1. The lowest BCUT2D eigenvalue weighted by Gasteiger charge is -2.39. The molecule has 2 aromatic rings. The predicted molar refractivity (Wildman–Crippen MR) is 102 cm³/mol. The molecule has 7 nitrogen and oxygen atoms in total. The molecule has 27 heavy (non-hydrogen) atoms. The molecule has 1 fully saturated rings. The van der Waals surface area contributed by atoms with Crippen molar-refractivity contribution in [1.29, 1.82) is 0 Å². The van der Waals surface area contributed by atoms with Crippen LogP contribution in [0.1, 0.15) is 11.6 Å². The summed E-state index contributed by atoms with van der Waals surface area (Å²) in [4.78, 5) is 16.7. The highest BCUT2D eigenvalue weighted by Crippen LogP contribution is 2.29. The Morgan fingerprint density at radius 2 is 1.96 bits per heavy atom. The van der Waals surface area contributed by atoms with Crippen molar-refractivity contribution in [2.45, 2.75) is 18.7 Å². The number of rotatable bonds is 7. The molecule has 2 unspecified atom stereocenters. The van der Waals surface area contributed by atoms with E-state index in [4.69, 9.17) is 16.3 Å². The van der Waals surface area contributed by atoms with Gasteiger partial charge in [0.25, 0.3) is 0 Å². The second-order valence-corrected chi connectivity index (χ2v) is 7.07. The average molecular weight is 393 g/mol. The molecule has 0 saturated carbocycles. The second-order valence-electron chi connectivity index (χ2n) is 6.67. The highest BCUT2D eigenvalue weighted by atomic mass is 35.5. The summed E-state index contributed by atoms with van der Waals surface area (Å²) < 4.78 is 6.75. The number of halogens is 1. The van der Waals surface area contributed by atoms with Crippen LogP contribution in [-0.4, -0.2) is 76.6 Å². The van der Waals surface area contributed by atoms with E-state index >= 15 is 0 Å². The van der Waals surface area contributed by atoms with E-state index in [-0.39, 0.29) is 5.97 Å². The van der Waals surface area contributed by atoms with Gasteiger partial charge in [0.05, 0.1) is 19.8 Å². The SMILES string of the molecule is COC(=O)C(c1ccccc1Cl)N1CCN(CC(O)Cn2cccn2)CC1. The summed E-state index contributed by atoms with van der Waals surface area (Å²) in [6, 6.07) is 8.70. The lowest BCUT2D eigenvalue weighted by molar-refractivity contribution is -0.148. The number of carbonyl (C=O) groups is 1. The summed E-state index contributed by atoms with van der Waals surface area (Å²) in [6.45, 7) is 3.95. The van der Waals surface area contributed by atoms with Gasteiger partial charge in [-0.05, 0) is 17.7 Å². The topological polar surface area (TPSA) is 70.8 Å². The van der Waals surface area contributed by atoms with Gasteiger partial charge in [0.1, 0.15) is 6.04 Å². The number of nitrogens with zero attached hydrogens (tertiary/aromatic N) is 4. The molecule has 0 bridgehead atoms. The molecule has 2 atom stereocenters. The van der Waals surface area contributed by atoms with E-state index in [9.17, 15) is 9.90 Å². The molecule has 146 valence electrons. The first-order chi connectivity index (χ1) is 13.1. The third kappa shape index (κ3) is 5.07. The Morgan fingerprint density at radius 1 is 1.22 bits per heavy atom. The standard InChI is InChI=1S/C19H25ClN4O3/c1-27-19(26)18(16-5-2-3-6-17(16)20)23-11-9-22(10-12-23)13-15(25)14-24-8-4-7-21-24/h2-8,15,18,25H,9-14H2,1H3. The van der Waals surface area contributed by atoms with E-state index < -0.39 is 12.1 Å². The van der Waals surface area contributed by atoms with Gasteiger partial charge in [0.15, 0.2) is 0 Å². The molecule has 1 aliphatic heterocycles. The summed E-state index contributed by atoms with van der Waals surface area (Å²) in [5, 5.41) is 15.0. The number of methoxy groups -OCH3 is 1. The molecular weight excluding hydrogens is 368 g/mol. The van der Waals surface area contributed by atoms with Crippen molar-refractivity contribution in [3.63, 3.8) is 0 Å². The largest absolute Gasteiger partial charge is 0.468 e. The number of piperazine rings is 1. The van der Waals surface area contributed by atoms with Gasteiger partial charge >= 0.3 is 5.97 Å². The minimum Gasteiger partial charge on any atom is -0.468 e. The Morgan fingerprint density at radius 3 is 2.59 bits per heavy atom. The number of carbonyl (C=O) groups excluding carboxylic acids is 1. The van der Waals surface area contributed by atoms with E-state index in [1.54, 1.807) is 16.9 Å². The first kappa shape index (κ1) is 19.8. The van der Waals surface area contributed by atoms with Crippen molar-refractivity contribution in [3.8, 4) is 0 Å². The summed E-state index contributed by atoms with van der Waals surface area (Å²) >= 11 is 6.32. The van der Waals surface area contributed by atoms with Crippen LogP contribution in [0.5, 0.6) is 0 Å². The minimum absolute atomic E-state index is 0.310. The molecule has 3 rings (SSSR count). The molecule has 0 amide bonds. The van der Waals surface area contributed by atoms with Crippen molar-refractivity contribution >= 4 is 17.6 Å². The van der Waals surface area contributed by atoms with E-state index in [2.05, 4.69) is 14.9 Å². The molecule has 1 aromatic carbocycles. The predicted octanol–water partition coefficient (Wildman–Crippen LogP) is 1.43. The summed E-state index contributed by atoms with van der Waals surface area (Å²) in [5.41, 5.74) is 0.762. The van der Waals surface area contributed by atoms with Gasteiger partial charge in [-0.2, -0.15) is 5.10 Å². The average Bonchev–Trinajstić information content (AvgIpc) is 3.17. The smallest absolute Gasteiger partial charge is 0.327 e. The summed E-state index contributed by atoms with van der Waals surface area (Å²) in [6.07, 6.45) is 3.05. The van der Waals surface area contributed by atoms with Crippen molar-refractivity contribution in [3.05, 3.63) is 53.3 Å². The number of aliphatic hydroxyl groups excluding tert-OH is 1.